The van der Waals surface area contributed by atoms with Gasteiger partial charge in [-0.25, -0.2) is 0 Å². The quantitative estimate of drug-likeness (QED) is 0.341. The first kappa shape index (κ1) is 25.9. The van der Waals surface area contributed by atoms with Crippen LogP contribution >= 0.6 is 0 Å². The Morgan fingerprint density at radius 3 is 2.30 bits per heavy atom. The molecule has 1 aliphatic heterocycles. The van der Waals surface area contributed by atoms with Gasteiger partial charge in [-0.15, -0.1) is 9.35 Å². The number of amides is 2. The number of hydroxylamine groups is 2. The van der Waals surface area contributed by atoms with Gasteiger partial charge in [0.15, 0.2) is 0 Å². The van der Waals surface area contributed by atoms with Crippen LogP contribution in [0.2, 0.25) is 0 Å². The van der Waals surface area contributed by atoms with E-state index in [0.717, 1.165) is 12.7 Å². The molecule has 3 aliphatic carbocycles. The van der Waals surface area contributed by atoms with Crippen LogP contribution in [-0.4, -0.2) is 43.1 Å². The van der Waals surface area contributed by atoms with Gasteiger partial charge in [-0.2, -0.15) is 8.42 Å². The van der Waals surface area contributed by atoms with Gasteiger partial charge in [-0.3, -0.25) is 14.4 Å². The van der Waals surface area contributed by atoms with Crippen molar-refractivity contribution in [2.24, 2.45) is 34.5 Å². The van der Waals surface area contributed by atoms with E-state index in [1.165, 1.54) is 26.2 Å². The number of allylic oxidation sites excluding steroid dienone is 2. The van der Waals surface area contributed by atoms with Crippen LogP contribution < -0.4 is 0 Å². The van der Waals surface area contributed by atoms with Gasteiger partial charge in [0.25, 0.3) is 21.9 Å². The highest BCUT2D eigenvalue weighted by Gasteiger charge is 2.67. The number of rotatable bonds is 4. The van der Waals surface area contributed by atoms with Crippen LogP contribution in [0.25, 0.3) is 0 Å². The molecule has 7 unspecified atom stereocenters. The maximum Gasteiger partial charge on any atom is 0.303 e. The highest BCUT2D eigenvalue weighted by molar-refractivity contribution is 7.85. The molecule has 2 bridgehead atoms. The fourth-order valence-electron chi connectivity index (χ4n) is 6.69. The summed E-state index contributed by atoms with van der Waals surface area (Å²) in [6.07, 6.45) is 9.44. The maximum atomic E-state index is 12.1. The molecule has 33 heavy (non-hydrogen) atoms. The molecule has 1 heterocycles. The Hall–Kier alpha value is -1.74. The summed E-state index contributed by atoms with van der Waals surface area (Å²) >= 11 is 0. The van der Waals surface area contributed by atoms with E-state index in [0.29, 0.717) is 22.8 Å². The Morgan fingerprint density at radius 2 is 1.82 bits per heavy atom. The Labute approximate surface area is 197 Å². The van der Waals surface area contributed by atoms with E-state index in [9.17, 15) is 22.8 Å². The summed E-state index contributed by atoms with van der Waals surface area (Å²) < 4.78 is 32.3. The van der Waals surface area contributed by atoms with Crippen molar-refractivity contribution in [3.8, 4) is 0 Å². The molecule has 0 N–H and O–H groups in total. The van der Waals surface area contributed by atoms with Gasteiger partial charge in [0.05, 0.1) is 18.1 Å². The van der Waals surface area contributed by atoms with E-state index in [4.69, 9.17) is 4.74 Å². The number of fused-ring (bicyclic) bond motifs is 3. The lowest BCUT2D eigenvalue weighted by Gasteiger charge is -2.46. The number of carbonyl (C=O) groups is 3. The highest BCUT2D eigenvalue weighted by Crippen LogP contribution is 2.69. The van der Waals surface area contributed by atoms with Crippen LogP contribution in [0.3, 0.4) is 0 Å². The van der Waals surface area contributed by atoms with Gasteiger partial charge in [0, 0.05) is 18.3 Å². The number of esters is 1. The number of carbonyl (C=O) groups excluding carboxylic acids is 3. The van der Waals surface area contributed by atoms with Gasteiger partial charge in [-0.05, 0) is 50.4 Å². The second-order valence-corrected chi connectivity index (χ2v) is 12.5. The summed E-state index contributed by atoms with van der Waals surface area (Å²) in [4.78, 5) is 35.3. The van der Waals surface area contributed by atoms with Crippen molar-refractivity contribution >= 4 is 27.9 Å². The first-order chi connectivity index (χ1) is 15.1. The minimum Gasteiger partial charge on any atom is -0.459 e. The topological polar surface area (TPSA) is 107 Å². The van der Waals surface area contributed by atoms with Crippen molar-refractivity contribution in [2.45, 2.75) is 79.2 Å². The van der Waals surface area contributed by atoms with Crippen LogP contribution in [-0.2, 0) is 33.5 Å². The molecule has 3 fully saturated rings. The normalized spacial score (nSPS) is 41.6. The molecule has 186 valence electrons. The third kappa shape index (κ3) is 4.38. The molecule has 4 aliphatic rings. The lowest BCUT2D eigenvalue weighted by molar-refractivity contribution is -0.178. The molecule has 1 saturated heterocycles. The second kappa shape index (κ2) is 8.48. The Bertz CT molecular complexity index is 975. The third-order valence-electron chi connectivity index (χ3n) is 8.82. The highest BCUT2D eigenvalue weighted by atomic mass is 32.2. The lowest BCUT2D eigenvalue weighted by Crippen LogP contribution is -2.50. The van der Waals surface area contributed by atoms with Gasteiger partial charge in [0.2, 0.25) is 0 Å². The first-order valence-corrected chi connectivity index (χ1v) is 13.5. The summed E-state index contributed by atoms with van der Waals surface area (Å²) in [5.41, 5.74) is 0.303. The number of hydrogen-bond acceptors (Lipinski definition) is 7. The smallest absolute Gasteiger partial charge is 0.303 e. The molecular formula is C24H37NO7S. The Morgan fingerprint density at radius 1 is 1.18 bits per heavy atom. The molecule has 0 aromatic rings. The average molecular weight is 484 g/mol. The number of imide groups is 1. The summed E-state index contributed by atoms with van der Waals surface area (Å²) in [6.45, 7) is 12.4. The molecule has 0 spiro atoms. The van der Waals surface area contributed by atoms with Crippen LogP contribution in [0.1, 0.15) is 73.6 Å². The van der Waals surface area contributed by atoms with Gasteiger partial charge in [-0.1, -0.05) is 39.8 Å². The zero-order valence-corrected chi connectivity index (χ0v) is 21.5. The predicted octanol–water partition coefficient (Wildman–Crippen LogP) is 3.62. The van der Waals surface area contributed by atoms with Crippen LogP contribution in [0.5, 0.6) is 0 Å². The SMILES string of the molecule is CC(=O)OC1(C)C(C)C2(C)CCC1(C)C2.CCC1C=CCC2C(=O)N(OS(C)(=O)=O)C(=O)C12. The lowest BCUT2D eigenvalue weighted by atomic mass is 9.66. The Balaban J connectivity index is 0.000000189. The summed E-state index contributed by atoms with van der Waals surface area (Å²) in [5, 5.41) is 0.417. The average Bonchev–Trinajstić information content (AvgIpc) is 3.21. The molecule has 4 rings (SSSR count). The largest absolute Gasteiger partial charge is 0.459 e. The van der Waals surface area contributed by atoms with Crippen LogP contribution in [0, 0.1) is 34.5 Å². The van der Waals surface area contributed by atoms with E-state index >= 15 is 0 Å². The maximum absolute atomic E-state index is 12.1. The third-order valence-corrected chi connectivity index (χ3v) is 9.24. The molecule has 9 heteroatoms. The monoisotopic (exact) mass is 483 g/mol. The fourth-order valence-corrected chi connectivity index (χ4v) is 7.11. The fraction of sp³-hybridized carbons (Fsp3) is 0.792. The van der Waals surface area contributed by atoms with Crippen molar-refractivity contribution in [2.75, 3.05) is 6.26 Å². The zero-order valence-electron chi connectivity index (χ0n) is 20.7. The summed E-state index contributed by atoms with van der Waals surface area (Å²) in [7, 11) is -3.88. The number of ether oxygens (including phenoxy) is 1. The molecule has 0 aromatic heterocycles. The molecule has 8 nitrogen and oxygen atoms in total. The summed E-state index contributed by atoms with van der Waals surface area (Å²) in [5.74, 6) is -1.80. The summed E-state index contributed by atoms with van der Waals surface area (Å²) in [6, 6.07) is 0. The zero-order chi connectivity index (χ0) is 25.0. The van der Waals surface area contributed by atoms with Crippen molar-refractivity contribution < 1.29 is 31.8 Å². The van der Waals surface area contributed by atoms with Crippen molar-refractivity contribution in [1.29, 1.82) is 0 Å². The van der Waals surface area contributed by atoms with Gasteiger partial charge >= 0.3 is 5.97 Å². The van der Waals surface area contributed by atoms with Gasteiger partial charge < -0.3 is 4.74 Å². The molecule has 0 aromatic carbocycles. The molecule has 7 atom stereocenters. The number of hydrogen-bond donors (Lipinski definition) is 0. The molecule has 0 radical (unpaired) electrons. The molecule has 2 amide bonds. The van der Waals surface area contributed by atoms with Gasteiger partial charge in [0.1, 0.15) is 5.60 Å². The minimum atomic E-state index is -3.88. The van der Waals surface area contributed by atoms with Crippen molar-refractivity contribution in [3.63, 3.8) is 0 Å². The number of nitrogens with zero attached hydrogens (tertiary/aromatic N) is 1. The standard InChI is InChI=1S/C13H22O2.C11H15NO5S/c1-9-11(3)6-7-12(4,8-11)13(9,5)15-10(2)14;1-3-7-5-4-6-8-9(7)11(14)12(10(8)13)17-18(2,15)16/h9H,6-8H2,1-5H3;4-5,7-9H,3,6H2,1-2H3. The van der Waals surface area contributed by atoms with Crippen molar-refractivity contribution in [1.82, 2.24) is 5.06 Å². The van der Waals surface area contributed by atoms with E-state index in [2.05, 4.69) is 32.0 Å². The van der Waals surface area contributed by atoms with Crippen LogP contribution in [0.15, 0.2) is 12.2 Å². The molecular weight excluding hydrogens is 446 g/mol. The minimum absolute atomic E-state index is 0.0339. The van der Waals surface area contributed by atoms with E-state index in [-0.39, 0.29) is 22.9 Å². The van der Waals surface area contributed by atoms with E-state index < -0.39 is 33.8 Å². The molecule has 2 saturated carbocycles. The van der Waals surface area contributed by atoms with Crippen molar-refractivity contribution in [3.05, 3.63) is 12.2 Å². The van der Waals surface area contributed by atoms with Crippen LogP contribution in [0.4, 0.5) is 0 Å². The second-order valence-electron chi connectivity index (χ2n) is 10.9. The first-order valence-electron chi connectivity index (χ1n) is 11.7. The predicted molar refractivity (Wildman–Crippen MR) is 122 cm³/mol. The Kier molecular flexibility index (Phi) is 6.65. The van der Waals surface area contributed by atoms with E-state index in [1.54, 1.807) is 0 Å². The van der Waals surface area contributed by atoms with E-state index in [1.807, 2.05) is 19.1 Å².